The minimum atomic E-state index is -0.510. The van der Waals surface area contributed by atoms with Crippen LogP contribution < -0.4 is 16.6 Å². The molecule has 0 aliphatic carbocycles. The summed E-state index contributed by atoms with van der Waals surface area (Å²) in [4.78, 5) is 26.5. The SMILES string of the molecule is C[C@@H](OCc1ccccc1)n1cc(NCCc2ccccc2)c(=O)[nH]c1=O. The van der Waals surface area contributed by atoms with E-state index in [1.807, 2.05) is 60.7 Å². The Morgan fingerprint density at radius 3 is 2.30 bits per heavy atom. The molecule has 1 heterocycles. The van der Waals surface area contributed by atoms with Gasteiger partial charge in [-0.25, -0.2) is 4.79 Å². The van der Waals surface area contributed by atoms with Crippen LogP contribution in [0.4, 0.5) is 5.69 Å². The molecule has 0 amide bonds. The van der Waals surface area contributed by atoms with Crippen LogP contribution in [0.25, 0.3) is 0 Å². The average Bonchev–Trinajstić information content (AvgIpc) is 2.69. The van der Waals surface area contributed by atoms with Crippen molar-refractivity contribution in [2.75, 3.05) is 11.9 Å². The Hall–Kier alpha value is -3.12. The molecule has 0 aliphatic heterocycles. The number of nitrogens with one attached hydrogen (secondary N) is 2. The van der Waals surface area contributed by atoms with E-state index in [2.05, 4.69) is 10.3 Å². The molecular formula is C21H23N3O3. The van der Waals surface area contributed by atoms with Crippen LogP contribution in [0.3, 0.4) is 0 Å². The lowest BCUT2D eigenvalue weighted by Gasteiger charge is -2.17. The third kappa shape index (κ3) is 5.18. The number of aromatic amines is 1. The van der Waals surface area contributed by atoms with E-state index < -0.39 is 17.5 Å². The van der Waals surface area contributed by atoms with Gasteiger partial charge in [-0.1, -0.05) is 60.7 Å². The molecule has 0 spiro atoms. The van der Waals surface area contributed by atoms with Gasteiger partial charge < -0.3 is 10.1 Å². The second-order valence-corrected chi connectivity index (χ2v) is 6.27. The summed E-state index contributed by atoms with van der Waals surface area (Å²) in [6, 6.07) is 19.7. The van der Waals surface area contributed by atoms with Crippen molar-refractivity contribution < 1.29 is 4.74 Å². The standard InChI is InChI=1S/C21H23N3O3/c1-16(27-15-18-10-6-3-7-11-18)24-14-19(20(25)23-21(24)26)22-13-12-17-8-4-2-5-9-17/h2-11,14,16,22H,12-13,15H2,1H3,(H,23,25,26)/t16-/m1/s1. The van der Waals surface area contributed by atoms with Gasteiger partial charge in [0.15, 0.2) is 0 Å². The Labute approximate surface area is 157 Å². The fourth-order valence-corrected chi connectivity index (χ4v) is 2.74. The third-order valence-corrected chi connectivity index (χ3v) is 4.27. The topological polar surface area (TPSA) is 76.1 Å². The van der Waals surface area contributed by atoms with Crippen LogP contribution in [-0.2, 0) is 17.8 Å². The second-order valence-electron chi connectivity index (χ2n) is 6.27. The number of aromatic nitrogens is 2. The lowest BCUT2D eigenvalue weighted by molar-refractivity contribution is 0.000939. The molecule has 3 rings (SSSR count). The highest BCUT2D eigenvalue weighted by atomic mass is 16.5. The molecule has 140 valence electrons. The Morgan fingerprint density at radius 1 is 1.00 bits per heavy atom. The van der Waals surface area contributed by atoms with Crippen molar-refractivity contribution in [1.29, 1.82) is 0 Å². The summed E-state index contributed by atoms with van der Waals surface area (Å²) in [5, 5.41) is 3.10. The number of ether oxygens (including phenoxy) is 1. The van der Waals surface area contributed by atoms with Crippen molar-refractivity contribution in [2.45, 2.75) is 26.2 Å². The number of anilines is 1. The van der Waals surface area contributed by atoms with Crippen LogP contribution in [0.5, 0.6) is 0 Å². The third-order valence-electron chi connectivity index (χ3n) is 4.27. The fraction of sp³-hybridized carbons (Fsp3) is 0.238. The summed E-state index contributed by atoms with van der Waals surface area (Å²) in [5.74, 6) is 0. The van der Waals surface area contributed by atoms with Crippen LogP contribution in [0, 0.1) is 0 Å². The number of rotatable bonds is 8. The van der Waals surface area contributed by atoms with Crippen molar-refractivity contribution >= 4 is 5.69 Å². The predicted molar refractivity (Wildman–Crippen MR) is 106 cm³/mol. The van der Waals surface area contributed by atoms with E-state index in [0.29, 0.717) is 18.8 Å². The zero-order valence-electron chi connectivity index (χ0n) is 15.2. The van der Waals surface area contributed by atoms with Crippen LogP contribution in [-0.4, -0.2) is 16.1 Å². The first kappa shape index (κ1) is 18.7. The maximum atomic E-state index is 12.1. The number of hydrogen-bond donors (Lipinski definition) is 2. The molecule has 0 saturated carbocycles. The summed E-state index contributed by atoms with van der Waals surface area (Å²) in [6.45, 7) is 2.74. The Kier molecular flexibility index (Phi) is 6.22. The smallest absolute Gasteiger partial charge is 0.330 e. The van der Waals surface area contributed by atoms with Crippen molar-refractivity contribution in [2.24, 2.45) is 0 Å². The Morgan fingerprint density at radius 2 is 1.63 bits per heavy atom. The molecular weight excluding hydrogens is 342 g/mol. The average molecular weight is 365 g/mol. The molecule has 2 N–H and O–H groups in total. The molecule has 0 radical (unpaired) electrons. The van der Waals surface area contributed by atoms with E-state index >= 15 is 0 Å². The van der Waals surface area contributed by atoms with Crippen LogP contribution in [0.1, 0.15) is 24.3 Å². The molecule has 0 saturated heterocycles. The fourth-order valence-electron chi connectivity index (χ4n) is 2.74. The van der Waals surface area contributed by atoms with Crippen LogP contribution in [0.2, 0.25) is 0 Å². The van der Waals surface area contributed by atoms with Gasteiger partial charge in [0.05, 0.1) is 6.61 Å². The van der Waals surface area contributed by atoms with Gasteiger partial charge >= 0.3 is 5.69 Å². The summed E-state index contributed by atoms with van der Waals surface area (Å²) >= 11 is 0. The molecule has 2 aromatic carbocycles. The molecule has 0 aliphatic rings. The maximum absolute atomic E-state index is 12.1. The second kappa shape index (κ2) is 9.00. The summed E-state index contributed by atoms with van der Waals surface area (Å²) < 4.78 is 7.16. The lowest BCUT2D eigenvalue weighted by atomic mass is 10.1. The van der Waals surface area contributed by atoms with Gasteiger partial charge in [0.2, 0.25) is 0 Å². The highest BCUT2D eigenvalue weighted by molar-refractivity contribution is 5.38. The highest BCUT2D eigenvalue weighted by Gasteiger charge is 2.11. The first-order valence-electron chi connectivity index (χ1n) is 8.92. The van der Waals surface area contributed by atoms with Crippen LogP contribution >= 0.6 is 0 Å². The van der Waals surface area contributed by atoms with Crippen molar-refractivity contribution in [3.63, 3.8) is 0 Å². The minimum absolute atomic E-state index is 0.348. The highest BCUT2D eigenvalue weighted by Crippen LogP contribution is 2.10. The van der Waals surface area contributed by atoms with Gasteiger partial charge in [0.25, 0.3) is 5.56 Å². The molecule has 0 fully saturated rings. The molecule has 1 atom stereocenters. The van der Waals surface area contributed by atoms with E-state index in [0.717, 1.165) is 12.0 Å². The molecule has 6 nitrogen and oxygen atoms in total. The first-order chi connectivity index (χ1) is 13.1. The van der Waals surface area contributed by atoms with E-state index in [1.165, 1.54) is 16.3 Å². The first-order valence-corrected chi connectivity index (χ1v) is 8.92. The summed E-state index contributed by atoms with van der Waals surface area (Å²) in [5.41, 5.74) is 1.62. The van der Waals surface area contributed by atoms with Gasteiger partial charge in [-0.15, -0.1) is 0 Å². The van der Waals surface area contributed by atoms with Crippen molar-refractivity contribution in [3.05, 3.63) is 98.8 Å². The number of H-pyrrole nitrogens is 1. The molecule has 3 aromatic rings. The summed E-state index contributed by atoms with van der Waals surface area (Å²) in [7, 11) is 0. The normalized spacial score (nSPS) is 11.9. The monoisotopic (exact) mass is 365 g/mol. The van der Waals surface area contributed by atoms with Crippen molar-refractivity contribution in [3.8, 4) is 0 Å². The molecule has 6 heteroatoms. The largest absolute Gasteiger partial charge is 0.379 e. The van der Waals surface area contributed by atoms with Gasteiger partial charge in [-0.3, -0.25) is 14.3 Å². The summed E-state index contributed by atoms with van der Waals surface area (Å²) in [6.07, 6.45) is 1.78. The van der Waals surface area contributed by atoms with E-state index in [4.69, 9.17) is 4.74 Å². The van der Waals surface area contributed by atoms with Crippen molar-refractivity contribution in [1.82, 2.24) is 9.55 Å². The quantitative estimate of drug-likeness (QED) is 0.644. The number of benzene rings is 2. The molecule has 1 aromatic heterocycles. The van der Waals surface area contributed by atoms with E-state index in [-0.39, 0.29) is 0 Å². The van der Waals surface area contributed by atoms with Gasteiger partial charge in [0, 0.05) is 12.7 Å². The van der Waals surface area contributed by atoms with Gasteiger partial charge in [-0.05, 0) is 24.5 Å². The van der Waals surface area contributed by atoms with Crippen LogP contribution in [0.15, 0.2) is 76.4 Å². The zero-order valence-corrected chi connectivity index (χ0v) is 15.2. The lowest BCUT2D eigenvalue weighted by Crippen LogP contribution is -2.33. The van der Waals surface area contributed by atoms with Gasteiger partial charge in [-0.2, -0.15) is 0 Å². The Bertz CT molecular complexity index is 965. The van der Waals surface area contributed by atoms with Gasteiger partial charge in [0.1, 0.15) is 11.9 Å². The number of nitrogens with zero attached hydrogens (tertiary/aromatic N) is 1. The number of hydrogen-bond acceptors (Lipinski definition) is 4. The predicted octanol–water partition coefficient (Wildman–Crippen LogP) is 2.93. The zero-order chi connectivity index (χ0) is 19.1. The maximum Gasteiger partial charge on any atom is 0.330 e. The molecule has 0 unspecified atom stereocenters. The van der Waals surface area contributed by atoms with E-state index in [1.54, 1.807) is 6.92 Å². The molecule has 0 bridgehead atoms. The minimum Gasteiger partial charge on any atom is -0.379 e. The Balaban J connectivity index is 1.65. The van der Waals surface area contributed by atoms with E-state index in [9.17, 15) is 9.59 Å². The molecule has 27 heavy (non-hydrogen) atoms.